The molecule has 0 aliphatic rings. The number of rotatable bonds is 5. The van der Waals surface area contributed by atoms with Crippen LogP contribution < -0.4 is 11.5 Å². The number of nitrogens with two attached hydrogens (primary N) is 2. The van der Waals surface area contributed by atoms with Gasteiger partial charge in [0.15, 0.2) is 0 Å². The first-order chi connectivity index (χ1) is 7.57. The zero-order valence-electron chi connectivity index (χ0n) is 9.26. The molecule has 4 N–H and O–H groups in total. The van der Waals surface area contributed by atoms with Crippen molar-refractivity contribution in [2.45, 2.75) is 25.3 Å². The normalized spacial score (nSPS) is 12.1. The minimum atomic E-state index is -0.762. The Kier molecular flexibility index (Phi) is 7.63. The highest BCUT2D eigenvalue weighted by molar-refractivity contribution is 6.30. The van der Waals surface area contributed by atoms with Crippen LogP contribution in [0.25, 0.3) is 0 Å². The molecule has 0 amide bonds. The molecule has 0 fully saturated rings. The van der Waals surface area contributed by atoms with Gasteiger partial charge in [-0.2, -0.15) is 0 Å². The maximum atomic E-state index is 13.5. The van der Waals surface area contributed by atoms with E-state index in [4.69, 9.17) is 23.1 Å². The number of halogens is 4. The molecule has 0 saturated carbocycles. The van der Waals surface area contributed by atoms with Crippen LogP contribution in [0.1, 0.15) is 30.9 Å². The van der Waals surface area contributed by atoms with Gasteiger partial charge in [0.25, 0.3) is 0 Å². The molecule has 17 heavy (non-hydrogen) atoms. The van der Waals surface area contributed by atoms with Crippen molar-refractivity contribution in [3.8, 4) is 0 Å². The second-order valence-electron chi connectivity index (χ2n) is 3.65. The molecule has 1 aromatic rings. The fourth-order valence-electron chi connectivity index (χ4n) is 1.54. The van der Waals surface area contributed by atoms with Gasteiger partial charge in [0, 0.05) is 11.6 Å². The molecule has 0 heterocycles. The van der Waals surface area contributed by atoms with Crippen molar-refractivity contribution in [1.29, 1.82) is 0 Å². The lowest BCUT2D eigenvalue weighted by Gasteiger charge is -2.14. The quantitative estimate of drug-likeness (QED) is 0.645. The summed E-state index contributed by atoms with van der Waals surface area (Å²) in [5.74, 6) is -1.41. The summed E-state index contributed by atoms with van der Waals surface area (Å²) >= 11 is 5.57. The summed E-state index contributed by atoms with van der Waals surface area (Å²) in [6, 6.07) is 1.64. The van der Waals surface area contributed by atoms with Gasteiger partial charge in [-0.15, -0.1) is 12.4 Å². The van der Waals surface area contributed by atoms with E-state index in [0.29, 0.717) is 13.0 Å². The third-order valence-electron chi connectivity index (χ3n) is 2.42. The molecular weight excluding hydrogens is 269 g/mol. The summed E-state index contributed by atoms with van der Waals surface area (Å²) in [5.41, 5.74) is 10.9. The SMILES string of the molecule is Cl.NCCCC[C@H](N)c1c(F)ccc(Cl)c1F. The third-order valence-corrected chi connectivity index (χ3v) is 2.71. The lowest BCUT2D eigenvalue weighted by Crippen LogP contribution is -2.15. The van der Waals surface area contributed by atoms with Crippen LogP contribution in [0.15, 0.2) is 12.1 Å². The standard InChI is InChI=1S/C11H15ClF2N2.ClH/c12-7-4-5-8(13)10(11(7)14)9(16)3-1-2-6-15;/h4-5,9H,1-3,6,15-16H2;1H/t9-;/m0./s1. The molecule has 0 unspecified atom stereocenters. The van der Waals surface area contributed by atoms with E-state index in [2.05, 4.69) is 0 Å². The topological polar surface area (TPSA) is 52.0 Å². The fourth-order valence-corrected chi connectivity index (χ4v) is 1.70. The molecule has 0 aromatic heterocycles. The van der Waals surface area contributed by atoms with E-state index in [-0.39, 0.29) is 23.0 Å². The minimum absolute atomic E-state index is 0. The van der Waals surface area contributed by atoms with Crippen LogP contribution in [0.4, 0.5) is 8.78 Å². The van der Waals surface area contributed by atoms with Crippen molar-refractivity contribution in [1.82, 2.24) is 0 Å². The first-order valence-corrected chi connectivity index (χ1v) is 5.54. The smallest absolute Gasteiger partial charge is 0.149 e. The number of benzene rings is 1. The fraction of sp³-hybridized carbons (Fsp3) is 0.455. The van der Waals surface area contributed by atoms with Gasteiger partial charge in [0.1, 0.15) is 11.6 Å². The van der Waals surface area contributed by atoms with Gasteiger partial charge in [0.2, 0.25) is 0 Å². The highest BCUT2D eigenvalue weighted by atomic mass is 35.5. The van der Waals surface area contributed by atoms with Gasteiger partial charge in [-0.1, -0.05) is 18.0 Å². The second-order valence-corrected chi connectivity index (χ2v) is 4.06. The van der Waals surface area contributed by atoms with E-state index in [1.165, 1.54) is 6.07 Å². The maximum absolute atomic E-state index is 13.5. The molecule has 0 spiro atoms. The van der Waals surface area contributed by atoms with Gasteiger partial charge in [-0.25, -0.2) is 8.78 Å². The van der Waals surface area contributed by atoms with Gasteiger partial charge in [-0.05, 0) is 31.5 Å². The van der Waals surface area contributed by atoms with Crippen LogP contribution in [-0.4, -0.2) is 6.54 Å². The Hall–Kier alpha value is -0.420. The Morgan fingerprint density at radius 1 is 1.24 bits per heavy atom. The van der Waals surface area contributed by atoms with E-state index >= 15 is 0 Å². The van der Waals surface area contributed by atoms with Gasteiger partial charge < -0.3 is 11.5 Å². The Balaban J connectivity index is 0.00000256. The summed E-state index contributed by atoms with van der Waals surface area (Å²) in [7, 11) is 0. The van der Waals surface area contributed by atoms with E-state index in [1.54, 1.807) is 0 Å². The Morgan fingerprint density at radius 3 is 2.47 bits per heavy atom. The van der Waals surface area contributed by atoms with Crippen molar-refractivity contribution in [3.63, 3.8) is 0 Å². The zero-order valence-corrected chi connectivity index (χ0v) is 10.8. The van der Waals surface area contributed by atoms with E-state index in [1.807, 2.05) is 0 Å². The second kappa shape index (κ2) is 7.82. The van der Waals surface area contributed by atoms with Gasteiger partial charge >= 0.3 is 0 Å². The first-order valence-electron chi connectivity index (χ1n) is 5.17. The van der Waals surface area contributed by atoms with Crippen molar-refractivity contribution < 1.29 is 8.78 Å². The van der Waals surface area contributed by atoms with Crippen LogP contribution in [0.3, 0.4) is 0 Å². The van der Waals surface area contributed by atoms with E-state index in [9.17, 15) is 8.78 Å². The Morgan fingerprint density at radius 2 is 1.88 bits per heavy atom. The maximum Gasteiger partial charge on any atom is 0.149 e. The molecule has 0 aliphatic carbocycles. The number of hydrogen-bond donors (Lipinski definition) is 2. The molecule has 6 heteroatoms. The van der Waals surface area contributed by atoms with E-state index in [0.717, 1.165) is 18.9 Å². The molecule has 1 rings (SSSR count). The number of hydrogen-bond acceptors (Lipinski definition) is 2. The average molecular weight is 285 g/mol. The summed E-state index contributed by atoms with van der Waals surface area (Å²) < 4.78 is 26.9. The predicted molar refractivity (Wildman–Crippen MR) is 68.4 cm³/mol. The molecule has 0 aliphatic heterocycles. The Labute approximate surface area is 111 Å². The van der Waals surface area contributed by atoms with Crippen LogP contribution in [0, 0.1) is 11.6 Å². The van der Waals surface area contributed by atoms with Crippen LogP contribution in [0.5, 0.6) is 0 Å². The van der Waals surface area contributed by atoms with Crippen LogP contribution in [0.2, 0.25) is 5.02 Å². The molecule has 0 saturated heterocycles. The summed E-state index contributed by atoms with van der Waals surface area (Å²) in [4.78, 5) is 0. The molecule has 2 nitrogen and oxygen atoms in total. The summed E-state index contributed by atoms with van der Waals surface area (Å²) in [5, 5.41) is -0.106. The van der Waals surface area contributed by atoms with Crippen LogP contribution in [-0.2, 0) is 0 Å². The molecule has 0 radical (unpaired) electrons. The van der Waals surface area contributed by atoms with Crippen molar-refractivity contribution in [2.24, 2.45) is 11.5 Å². The van der Waals surface area contributed by atoms with Crippen molar-refractivity contribution in [3.05, 3.63) is 34.4 Å². The monoisotopic (exact) mass is 284 g/mol. The minimum Gasteiger partial charge on any atom is -0.330 e. The molecule has 98 valence electrons. The predicted octanol–water partition coefficient (Wildman–Crippen LogP) is 3.17. The molecule has 0 bridgehead atoms. The van der Waals surface area contributed by atoms with Gasteiger partial charge in [-0.3, -0.25) is 0 Å². The third kappa shape index (κ3) is 4.39. The van der Waals surface area contributed by atoms with Crippen molar-refractivity contribution in [2.75, 3.05) is 6.54 Å². The molecular formula is C11H16Cl2F2N2. The van der Waals surface area contributed by atoms with Crippen LogP contribution >= 0.6 is 24.0 Å². The van der Waals surface area contributed by atoms with E-state index < -0.39 is 17.7 Å². The Bertz CT molecular complexity index is 362. The lowest BCUT2D eigenvalue weighted by molar-refractivity contribution is 0.500. The average Bonchev–Trinajstić information content (AvgIpc) is 2.24. The first kappa shape index (κ1) is 16.6. The largest absolute Gasteiger partial charge is 0.330 e. The highest BCUT2D eigenvalue weighted by Gasteiger charge is 2.18. The summed E-state index contributed by atoms with van der Waals surface area (Å²) in [6.07, 6.45) is 2.02. The summed E-state index contributed by atoms with van der Waals surface area (Å²) in [6.45, 7) is 0.549. The lowest BCUT2D eigenvalue weighted by atomic mass is 10.0. The van der Waals surface area contributed by atoms with Gasteiger partial charge in [0.05, 0.1) is 5.02 Å². The molecule has 1 atom stereocenters. The van der Waals surface area contributed by atoms with Crippen molar-refractivity contribution >= 4 is 24.0 Å². The highest BCUT2D eigenvalue weighted by Crippen LogP contribution is 2.27. The zero-order chi connectivity index (χ0) is 12.1. The number of unbranched alkanes of at least 4 members (excludes halogenated alkanes) is 1. The molecule has 1 aromatic carbocycles.